The predicted octanol–water partition coefficient (Wildman–Crippen LogP) is 3.93. The summed E-state index contributed by atoms with van der Waals surface area (Å²) in [4.78, 5) is 22.9. The normalized spacial score (nSPS) is 11.1. The number of nitro benzene ring substituents is 1. The quantitative estimate of drug-likeness (QED) is 0.409. The van der Waals surface area contributed by atoms with Crippen molar-refractivity contribution >= 4 is 50.8 Å². The van der Waals surface area contributed by atoms with Crippen molar-refractivity contribution in [3.05, 3.63) is 68.0 Å². The lowest BCUT2D eigenvalue weighted by Crippen LogP contribution is -2.16. The van der Waals surface area contributed by atoms with Crippen LogP contribution in [0.1, 0.15) is 15.2 Å². The van der Waals surface area contributed by atoms with Gasteiger partial charge in [-0.15, -0.1) is 11.3 Å². The molecule has 3 aromatic rings. The molecule has 7 nitrogen and oxygen atoms in total. The maximum Gasteiger partial charge on any atom is 0.283 e. The van der Waals surface area contributed by atoms with Gasteiger partial charge in [0.1, 0.15) is 10.6 Å². The number of nitrogens with one attached hydrogen (secondary N) is 1. The van der Waals surface area contributed by atoms with Crippen LogP contribution in [0.2, 0.25) is 5.02 Å². The van der Waals surface area contributed by atoms with Gasteiger partial charge in [0.2, 0.25) is 0 Å². The molecule has 0 saturated heterocycles. The van der Waals surface area contributed by atoms with Crippen LogP contribution >= 0.6 is 22.9 Å². The zero-order valence-electron chi connectivity index (χ0n) is 12.5. The molecule has 0 aliphatic heterocycles. The summed E-state index contributed by atoms with van der Waals surface area (Å²) < 4.78 is 0.866. The van der Waals surface area contributed by atoms with Crippen LogP contribution in [0.15, 0.2) is 47.6 Å². The summed E-state index contributed by atoms with van der Waals surface area (Å²) in [6.07, 6.45) is 1.09. The Morgan fingerprint density at radius 1 is 1.32 bits per heavy atom. The zero-order valence-corrected chi connectivity index (χ0v) is 14.0. The van der Waals surface area contributed by atoms with Gasteiger partial charge in [0.25, 0.3) is 11.6 Å². The molecule has 0 radical (unpaired) electrons. The number of halogens is 1. The molecule has 0 aliphatic rings. The first-order chi connectivity index (χ1) is 12.0. The van der Waals surface area contributed by atoms with Crippen LogP contribution in [0.4, 0.5) is 5.69 Å². The molecule has 25 heavy (non-hydrogen) atoms. The van der Waals surface area contributed by atoms with Crippen molar-refractivity contribution < 1.29 is 14.8 Å². The number of aromatic hydroxyl groups is 1. The Bertz CT molecular complexity index is 1020. The van der Waals surface area contributed by atoms with Gasteiger partial charge in [-0.25, -0.2) is 5.43 Å². The average molecular weight is 376 g/mol. The summed E-state index contributed by atoms with van der Waals surface area (Å²) >= 11 is 7.43. The minimum Gasteiger partial charge on any atom is -0.508 e. The average Bonchev–Trinajstić information content (AvgIpc) is 2.92. The first kappa shape index (κ1) is 16.9. The highest BCUT2D eigenvalue weighted by Gasteiger charge is 2.17. The van der Waals surface area contributed by atoms with Gasteiger partial charge in [0.05, 0.1) is 21.7 Å². The highest BCUT2D eigenvalue weighted by Crippen LogP contribution is 2.34. The number of hydrogen-bond donors (Lipinski definition) is 2. The lowest BCUT2D eigenvalue weighted by Gasteiger charge is -1.99. The van der Waals surface area contributed by atoms with Crippen molar-refractivity contribution in [3.8, 4) is 5.75 Å². The largest absolute Gasteiger partial charge is 0.508 e. The van der Waals surface area contributed by atoms with Crippen molar-refractivity contribution in [2.45, 2.75) is 0 Å². The number of fused-ring (bicyclic) bond motifs is 1. The Morgan fingerprint density at radius 3 is 2.80 bits per heavy atom. The molecule has 0 unspecified atom stereocenters. The number of nitrogens with zero attached hydrogens (tertiary/aromatic N) is 2. The van der Waals surface area contributed by atoms with E-state index in [-0.39, 0.29) is 17.0 Å². The number of carbonyl (C=O) groups excluding carboxylic acids is 1. The van der Waals surface area contributed by atoms with Gasteiger partial charge in [-0.2, -0.15) is 5.10 Å². The van der Waals surface area contributed by atoms with Gasteiger partial charge < -0.3 is 5.11 Å². The number of hydrazone groups is 1. The fraction of sp³-hybridized carbons (Fsp3) is 0. The van der Waals surface area contributed by atoms with E-state index in [0.29, 0.717) is 9.90 Å². The highest BCUT2D eigenvalue weighted by atomic mass is 35.5. The second-order valence-corrected chi connectivity index (χ2v) is 6.37. The van der Waals surface area contributed by atoms with Gasteiger partial charge >= 0.3 is 0 Å². The molecular weight excluding hydrogens is 366 g/mol. The van der Waals surface area contributed by atoms with Crippen LogP contribution < -0.4 is 5.43 Å². The smallest absolute Gasteiger partial charge is 0.283 e. The number of phenols is 1. The van der Waals surface area contributed by atoms with Crippen molar-refractivity contribution in [2.75, 3.05) is 0 Å². The fourth-order valence-electron chi connectivity index (χ4n) is 2.18. The molecular formula is C16H10ClN3O4S. The Morgan fingerprint density at radius 2 is 2.08 bits per heavy atom. The molecule has 0 fully saturated rings. The van der Waals surface area contributed by atoms with Crippen LogP contribution in [-0.2, 0) is 0 Å². The van der Waals surface area contributed by atoms with E-state index in [1.807, 2.05) is 24.3 Å². The molecule has 0 aliphatic carbocycles. The third kappa shape index (κ3) is 3.44. The van der Waals surface area contributed by atoms with E-state index in [1.165, 1.54) is 23.5 Å². The molecule has 0 atom stereocenters. The summed E-state index contributed by atoms with van der Waals surface area (Å²) in [5, 5.41) is 25.2. The molecule has 1 amide bonds. The third-order valence-corrected chi connectivity index (χ3v) is 4.99. The lowest BCUT2D eigenvalue weighted by atomic mass is 10.2. The highest BCUT2D eigenvalue weighted by molar-refractivity contribution is 7.21. The number of thiophene rings is 1. The summed E-state index contributed by atoms with van der Waals surface area (Å²) in [5.74, 6) is -0.670. The van der Waals surface area contributed by atoms with Gasteiger partial charge in [-0.05, 0) is 18.2 Å². The summed E-state index contributed by atoms with van der Waals surface area (Å²) in [6, 6.07) is 10.9. The summed E-state index contributed by atoms with van der Waals surface area (Å²) in [7, 11) is 0. The maximum absolute atomic E-state index is 12.2. The van der Waals surface area contributed by atoms with E-state index in [4.69, 9.17) is 11.6 Å². The molecule has 3 rings (SSSR count). The van der Waals surface area contributed by atoms with Gasteiger partial charge in [0.15, 0.2) is 0 Å². The summed E-state index contributed by atoms with van der Waals surface area (Å²) in [6.45, 7) is 0. The van der Waals surface area contributed by atoms with Crippen LogP contribution in [0.25, 0.3) is 10.1 Å². The first-order valence-electron chi connectivity index (χ1n) is 6.95. The fourth-order valence-corrected chi connectivity index (χ4v) is 3.59. The molecule has 9 heteroatoms. The molecule has 1 aromatic heterocycles. The Balaban J connectivity index is 1.82. The number of nitro groups is 1. The molecule has 0 spiro atoms. The van der Waals surface area contributed by atoms with Crippen LogP contribution in [0.5, 0.6) is 5.75 Å². The molecule has 2 aromatic carbocycles. The van der Waals surface area contributed by atoms with Gasteiger partial charge in [-0.1, -0.05) is 29.8 Å². The van der Waals surface area contributed by atoms with Crippen LogP contribution in [0.3, 0.4) is 0 Å². The lowest BCUT2D eigenvalue weighted by molar-refractivity contribution is -0.385. The summed E-state index contributed by atoms with van der Waals surface area (Å²) in [5.41, 5.74) is 2.11. The Labute approximate surface area is 150 Å². The van der Waals surface area contributed by atoms with E-state index in [9.17, 15) is 20.0 Å². The third-order valence-electron chi connectivity index (χ3n) is 3.32. The van der Waals surface area contributed by atoms with E-state index in [1.54, 1.807) is 0 Å². The number of hydrogen-bond acceptors (Lipinski definition) is 6. The number of phenolic OH excluding ortho intramolecular Hbond substituents is 1. The first-order valence-corrected chi connectivity index (χ1v) is 8.14. The minimum atomic E-state index is -0.606. The number of benzene rings is 2. The molecule has 126 valence electrons. The SMILES string of the molecule is O=C(NN=Cc1cc(O)ccc1[N+](=O)[O-])c1sc2ccccc2c1Cl. The molecule has 1 heterocycles. The van der Waals surface area contributed by atoms with Crippen LogP contribution in [0, 0.1) is 10.1 Å². The molecule has 0 saturated carbocycles. The number of carbonyl (C=O) groups is 1. The van der Waals surface area contributed by atoms with Gasteiger partial charge in [-0.3, -0.25) is 14.9 Å². The molecule has 0 bridgehead atoms. The minimum absolute atomic E-state index is 0.0627. The second kappa shape index (κ2) is 6.88. The topological polar surface area (TPSA) is 105 Å². The maximum atomic E-state index is 12.2. The Kier molecular flexibility index (Phi) is 4.64. The zero-order chi connectivity index (χ0) is 18.0. The van der Waals surface area contributed by atoms with E-state index in [2.05, 4.69) is 10.5 Å². The van der Waals surface area contributed by atoms with Crippen molar-refractivity contribution in [1.82, 2.24) is 5.43 Å². The standard InChI is InChI=1S/C16H10ClN3O4S/c17-14-11-3-1-2-4-13(11)25-15(14)16(22)19-18-8-9-7-10(21)5-6-12(9)20(23)24/h1-8,21H,(H,19,22). The Hall–Kier alpha value is -2.97. The van der Waals surface area contributed by atoms with E-state index in [0.717, 1.165) is 22.4 Å². The van der Waals surface area contributed by atoms with Crippen molar-refractivity contribution in [2.24, 2.45) is 5.10 Å². The van der Waals surface area contributed by atoms with E-state index >= 15 is 0 Å². The predicted molar refractivity (Wildman–Crippen MR) is 96.7 cm³/mol. The van der Waals surface area contributed by atoms with Crippen molar-refractivity contribution in [1.29, 1.82) is 0 Å². The monoisotopic (exact) mass is 375 g/mol. The van der Waals surface area contributed by atoms with E-state index < -0.39 is 10.8 Å². The number of rotatable bonds is 4. The molecule has 2 N–H and O–H groups in total. The van der Waals surface area contributed by atoms with Crippen LogP contribution in [-0.4, -0.2) is 22.2 Å². The van der Waals surface area contributed by atoms with Gasteiger partial charge in [0, 0.05) is 16.2 Å². The van der Waals surface area contributed by atoms with Crippen molar-refractivity contribution in [3.63, 3.8) is 0 Å². The number of amides is 1. The second-order valence-electron chi connectivity index (χ2n) is 4.94.